The molecule has 0 saturated carbocycles. The van der Waals surface area contributed by atoms with Gasteiger partial charge in [0.25, 0.3) is 5.91 Å². The van der Waals surface area contributed by atoms with Gasteiger partial charge >= 0.3 is 0 Å². The van der Waals surface area contributed by atoms with E-state index in [9.17, 15) is 13.2 Å². The number of amides is 1. The molecule has 3 aromatic rings. The Bertz CT molecular complexity index is 1160. The third kappa shape index (κ3) is 4.83. The number of carbonyl (C=O) groups excluding carboxylic acids is 1. The van der Waals surface area contributed by atoms with Gasteiger partial charge in [0.05, 0.1) is 4.90 Å². The van der Waals surface area contributed by atoms with Crippen molar-refractivity contribution in [3.05, 3.63) is 53.9 Å². The smallest absolute Gasteiger partial charge is 0.255 e. The van der Waals surface area contributed by atoms with Crippen LogP contribution in [0.4, 0.5) is 5.69 Å². The molecule has 1 heterocycles. The molecule has 0 atom stereocenters. The lowest BCUT2D eigenvalue weighted by Gasteiger charge is -2.11. The van der Waals surface area contributed by atoms with Crippen LogP contribution in [0.2, 0.25) is 0 Å². The van der Waals surface area contributed by atoms with E-state index in [0.717, 1.165) is 0 Å². The van der Waals surface area contributed by atoms with Crippen LogP contribution in [0, 0.1) is 0 Å². The number of aromatic nitrogens is 1. The molecule has 0 aliphatic carbocycles. The van der Waals surface area contributed by atoms with Crippen molar-refractivity contribution in [2.75, 3.05) is 5.32 Å². The first-order chi connectivity index (χ1) is 13.5. The molecule has 0 radical (unpaired) electrons. The van der Waals surface area contributed by atoms with Crippen molar-refractivity contribution < 1.29 is 17.6 Å². The quantitative estimate of drug-likeness (QED) is 0.654. The third-order valence-corrected chi connectivity index (χ3v) is 5.74. The van der Waals surface area contributed by atoms with Gasteiger partial charge < -0.3 is 9.73 Å². The monoisotopic (exact) mass is 415 g/mol. The summed E-state index contributed by atoms with van der Waals surface area (Å²) in [7, 11) is -3.68. The first kappa shape index (κ1) is 21.0. The van der Waals surface area contributed by atoms with E-state index in [4.69, 9.17) is 4.42 Å². The maximum absolute atomic E-state index is 12.6. The number of nitrogens with zero attached hydrogens (tertiary/aromatic N) is 1. The molecule has 0 aliphatic rings. The standard InChI is InChI=1S/C21H25N3O4S/c1-13(2)24-29(26,27)16-8-6-7-14(11-16)19(25)22-15-9-10-18-17(12-15)23-20(28-18)21(3,4)5/h6-13,24H,1-5H3,(H,22,25). The van der Waals surface area contributed by atoms with Crippen molar-refractivity contribution in [3.8, 4) is 0 Å². The summed E-state index contributed by atoms with van der Waals surface area (Å²) in [5.41, 5.74) is 1.85. The van der Waals surface area contributed by atoms with E-state index in [2.05, 4.69) is 15.0 Å². The van der Waals surface area contributed by atoms with Crippen molar-refractivity contribution in [2.24, 2.45) is 0 Å². The highest BCUT2D eigenvalue weighted by atomic mass is 32.2. The van der Waals surface area contributed by atoms with Gasteiger partial charge in [0, 0.05) is 22.7 Å². The van der Waals surface area contributed by atoms with E-state index in [1.165, 1.54) is 12.1 Å². The van der Waals surface area contributed by atoms with Crippen molar-refractivity contribution in [2.45, 2.75) is 51.0 Å². The molecule has 2 N–H and O–H groups in total. The van der Waals surface area contributed by atoms with Gasteiger partial charge in [-0.2, -0.15) is 0 Å². The third-order valence-electron chi connectivity index (χ3n) is 4.08. The fourth-order valence-electron chi connectivity index (χ4n) is 2.71. The number of sulfonamides is 1. The van der Waals surface area contributed by atoms with Crippen LogP contribution in [0.5, 0.6) is 0 Å². The van der Waals surface area contributed by atoms with Crippen LogP contribution in [0.15, 0.2) is 51.8 Å². The lowest BCUT2D eigenvalue weighted by molar-refractivity contribution is 0.102. The highest BCUT2D eigenvalue weighted by Gasteiger charge is 2.21. The summed E-state index contributed by atoms with van der Waals surface area (Å²) in [5, 5.41) is 2.78. The van der Waals surface area contributed by atoms with Gasteiger partial charge in [-0.25, -0.2) is 18.1 Å². The normalized spacial score (nSPS) is 12.5. The van der Waals surface area contributed by atoms with Gasteiger partial charge in [0.2, 0.25) is 15.9 Å². The van der Waals surface area contributed by atoms with Crippen LogP contribution >= 0.6 is 0 Å². The molecule has 0 bridgehead atoms. The number of oxazole rings is 1. The Hall–Kier alpha value is -2.71. The van der Waals surface area contributed by atoms with Crippen molar-refractivity contribution in [1.29, 1.82) is 0 Å². The molecule has 0 saturated heterocycles. The van der Waals surface area contributed by atoms with Crippen molar-refractivity contribution in [3.63, 3.8) is 0 Å². The average molecular weight is 416 g/mol. The number of nitrogens with one attached hydrogen (secondary N) is 2. The molecule has 0 fully saturated rings. The SMILES string of the molecule is CC(C)NS(=O)(=O)c1cccc(C(=O)Nc2ccc3oc(C(C)(C)C)nc3c2)c1. The largest absolute Gasteiger partial charge is 0.440 e. The Morgan fingerprint density at radius 2 is 1.83 bits per heavy atom. The molecular weight excluding hydrogens is 390 g/mol. The Labute approximate surface area is 170 Å². The number of hydrogen-bond acceptors (Lipinski definition) is 5. The fraction of sp³-hybridized carbons (Fsp3) is 0.333. The lowest BCUT2D eigenvalue weighted by atomic mass is 9.97. The van der Waals surface area contributed by atoms with Crippen LogP contribution in [0.1, 0.15) is 50.9 Å². The summed E-state index contributed by atoms with van der Waals surface area (Å²) in [6.07, 6.45) is 0. The fourth-order valence-corrected chi connectivity index (χ4v) is 4.01. The zero-order valence-corrected chi connectivity index (χ0v) is 17.9. The zero-order valence-electron chi connectivity index (χ0n) is 17.1. The summed E-state index contributed by atoms with van der Waals surface area (Å²) in [5.74, 6) is 0.206. The topological polar surface area (TPSA) is 101 Å². The van der Waals surface area contributed by atoms with Gasteiger partial charge in [-0.1, -0.05) is 26.8 Å². The van der Waals surface area contributed by atoms with Crippen LogP contribution in [0.25, 0.3) is 11.1 Å². The molecule has 2 aromatic carbocycles. The summed E-state index contributed by atoms with van der Waals surface area (Å²) in [6, 6.07) is 10.9. The van der Waals surface area contributed by atoms with Crippen LogP contribution in [-0.2, 0) is 15.4 Å². The molecule has 0 spiro atoms. The summed E-state index contributed by atoms with van der Waals surface area (Å²) in [4.78, 5) is 17.2. The maximum atomic E-state index is 12.6. The van der Waals surface area contributed by atoms with Gasteiger partial charge in [0.1, 0.15) is 5.52 Å². The summed E-state index contributed by atoms with van der Waals surface area (Å²) < 4.78 is 33.0. The molecular formula is C21H25N3O4S. The molecule has 1 aromatic heterocycles. The molecule has 3 rings (SSSR count). The van der Waals surface area contributed by atoms with E-state index in [0.29, 0.717) is 22.7 Å². The van der Waals surface area contributed by atoms with E-state index >= 15 is 0 Å². The Morgan fingerprint density at radius 3 is 2.48 bits per heavy atom. The molecule has 29 heavy (non-hydrogen) atoms. The predicted octanol–water partition coefficient (Wildman–Crippen LogP) is 4.06. The minimum atomic E-state index is -3.68. The summed E-state index contributed by atoms with van der Waals surface area (Å²) in [6.45, 7) is 9.50. The molecule has 0 unspecified atom stereocenters. The second kappa shape index (κ2) is 7.61. The molecule has 0 aliphatic heterocycles. The molecule has 7 nitrogen and oxygen atoms in total. The Morgan fingerprint density at radius 1 is 1.10 bits per heavy atom. The molecule has 1 amide bonds. The van der Waals surface area contributed by atoms with E-state index in [-0.39, 0.29) is 21.9 Å². The van der Waals surface area contributed by atoms with E-state index < -0.39 is 15.9 Å². The van der Waals surface area contributed by atoms with E-state index in [1.54, 1.807) is 44.2 Å². The number of carbonyl (C=O) groups is 1. The highest BCUT2D eigenvalue weighted by Crippen LogP contribution is 2.27. The minimum Gasteiger partial charge on any atom is -0.440 e. The first-order valence-corrected chi connectivity index (χ1v) is 10.8. The number of anilines is 1. The second-order valence-corrected chi connectivity index (χ2v) is 9.92. The van der Waals surface area contributed by atoms with Gasteiger partial charge in [-0.15, -0.1) is 0 Å². The zero-order chi connectivity index (χ0) is 21.4. The van der Waals surface area contributed by atoms with Crippen molar-refractivity contribution in [1.82, 2.24) is 9.71 Å². The second-order valence-electron chi connectivity index (χ2n) is 8.21. The molecule has 8 heteroatoms. The Kier molecular flexibility index (Phi) is 5.51. The maximum Gasteiger partial charge on any atom is 0.255 e. The number of hydrogen-bond donors (Lipinski definition) is 2. The van der Waals surface area contributed by atoms with Gasteiger partial charge in [0.15, 0.2) is 5.58 Å². The average Bonchev–Trinajstić information content (AvgIpc) is 3.04. The number of fused-ring (bicyclic) bond motifs is 1. The van der Waals surface area contributed by atoms with Crippen LogP contribution < -0.4 is 10.0 Å². The molecule has 154 valence electrons. The van der Waals surface area contributed by atoms with Gasteiger partial charge in [-0.05, 0) is 50.2 Å². The first-order valence-electron chi connectivity index (χ1n) is 9.30. The number of rotatable bonds is 5. The predicted molar refractivity (Wildman–Crippen MR) is 113 cm³/mol. The Balaban J connectivity index is 1.84. The van der Waals surface area contributed by atoms with E-state index in [1.807, 2.05) is 20.8 Å². The summed E-state index contributed by atoms with van der Waals surface area (Å²) >= 11 is 0. The van der Waals surface area contributed by atoms with Crippen LogP contribution in [-0.4, -0.2) is 25.4 Å². The van der Waals surface area contributed by atoms with Crippen molar-refractivity contribution >= 4 is 32.7 Å². The minimum absolute atomic E-state index is 0.0422. The lowest BCUT2D eigenvalue weighted by Crippen LogP contribution is -2.30. The van der Waals surface area contributed by atoms with Gasteiger partial charge in [-0.3, -0.25) is 4.79 Å². The number of benzene rings is 2. The van der Waals surface area contributed by atoms with Crippen LogP contribution in [0.3, 0.4) is 0 Å². The highest BCUT2D eigenvalue weighted by molar-refractivity contribution is 7.89.